The molecule has 2 aliphatic carbocycles. The van der Waals surface area contributed by atoms with Crippen LogP contribution in [0.15, 0.2) is 0 Å². The Bertz CT molecular complexity index is 463. The first-order valence-corrected chi connectivity index (χ1v) is 10.0. The largest absolute Gasteiger partial charge is 0.379 e. The van der Waals surface area contributed by atoms with Crippen molar-refractivity contribution < 1.29 is 9.53 Å². The Morgan fingerprint density at radius 3 is 2.50 bits per heavy atom. The lowest BCUT2D eigenvalue weighted by molar-refractivity contribution is -0.125. The van der Waals surface area contributed by atoms with Gasteiger partial charge in [-0.05, 0) is 57.5 Å². The summed E-state index contributed by atoms with van der Waals surface area (Å²) in [6.07, 6.45) is 8.47. The van der Waals surface area contributed by atoms with Crippen molar-refractivity contribution >= 4 is 5.91 Å². The highest BCUT2D eigenvalue weighted by atomic mass is 16.5. The van der Waals surface area contributed by atoms with Gasteiger partial charge in [-0.2, -0.15) is 0 Å². The molecular weight excluding hydrogens is 302 g/mol. The van der Waals surface area contributed by atoms with Gasteiger partial charge < -0.3 is 15.4 Å². The molecule has 5 heteroatoms. The van der Waals surface area contributed by atoms with Crippen LogP contribution in [0.25, 0.3) is 0 Å². The summed E-state index contributed by atoms with van der Waals surface area (Å²) in [4.78, 5) is 15.5. The summed E-state index contributed by atoms with van der Waals surface area (Å²) >= 11 is 0. The fourth-order valence-electron chi connectivity index (χ4n) is 5.66. The van der Waals surface area contributed by atoms with E-state index in [4.69, 9.17) is 4.74 Å². The van der Waals surface area contributed by atoms with Crippen LogP contribution in [0, 0.1) is 11.3 Å². The summed E-state index contributed by atoms with van der Waals surface area (Å²) in [5, 5.41) is 6.88. The molecule has 2 saturated carbocycles. The van der Waals surface area contributed by atoms with Gasteiger partial charge in [0.2, 0.25) is 5.91 Å². The highest BCUT2D eigenvalue weighted by Gasteiger charge is 2.58. The summed E-state index contributed by atoms with van der Waals surface area (Å²) in [6, 6.07) is 0.241. The topological polar surface area (TPSA) is 53.6 Å². The van der Waals surface area contributed by atoms with Gasteiger partial charge in [0.25, 0.3) is 0 Å². The zero-order valence-corrected chi connectivity index (χ0v) is 15.1. The lowest BCUT2D eigenvalue weighted by Gasteiger charge is -2.47. The SMILES string of the molecule is CC(NC(=O)C1CC12CCNCC2)C1(N2CCOCC2)CCCC1. The number of nitrogens with one attached hydrogen (secondary N) is 2. The average Bonchev–Trinajstić information content (AvgIpc) is 3.08. The van der Waals surface area contributed by atoms with Crippen molar-refractivity contribution in [3.63, 3.8) is 0 Å². The van der Waals surface area contributed by atoms with Gasteiger partial charge in [-0.25, -0.2) is 0 Å². The predicted octanol–water partition coefficient (Wildman–Crippen LogP) is 1.53. The molecule has 1 amide bonds. The monoisotopic (exact) mass is 335 g/mol. The molecule has 2 atom stereocenters. The zero-order chi connectivity index (χ0) is 16.6. The van der Waals surface area contributed by atoms with Crippen LogP contribution in [0.1, 0.15) is 51.9 Å². The molecular formula is C19H33N3O2. The van der Waals surface area contributed by atoms with Crippen LogP contribution in [-0.4, -0.2) is 61.8 Å². The van der Waals surface area contributed by atoms with Crippen LogP contribution in [0.3, 0.4) is 0 Å². The third-order valence-corrected chi connectivity index (χ3v) is 7.38. The second-order valence-corrected chi connectivity index (χ2v) is 8.51. The number of morpholine rings is 1. The van der Waals surface area contributed by atoms with Crippen molar-refractivity contribution in [1.29, 1.82) is 0 Å². The lowest BCUT2D eigenvalue weighted by Crippen LogP contribution is -2.62. The van der Waals surface area contributed by atoms with Crippen molar-refractivity contribution in [2.75, 3.05) is 39.4 Å². The first-order chi connectivity index (χ1) is 11.7. The van der Waals surface area contributed by atoms with Crippen LogP contribution in [-0.2, 0) is 9.53 Å². The molecule has 2 aliphatic heterocycles. The van der Waals surface area contributed by atoms with Crippen molar-refractivity contribution in [3.05, 3.63) is 0 Å². The molecule has 5 nitrogen and oxygen atoms in total. The molecule has 2 saturated heterocycles. The van der Waals surface area contributed by atoms with E-state index in [1.165, 1.54) is 38.5 Å². The standard InChI is InChI=1S/C19H33N3O2/c1-15(19(4-2-3-5-19)22-10-12-24-13-11-22)21-17(23)16-14-18(16)6-8-20-9-7-18/h15-16,20H,2-14H2,1H3,(H,21,23). The highest BCUT2D eigenvalue weighted by Crippen LogP contribution is 2.58. The van der Waals surface area contributed by atoms with E-state index >= 15 is 0 Å². The normalized spacial score (nSPS) is 33.3. The molecule has 24 heavy (non-hydrogen) atoms. The van der Waals surface area contributed by atoms with Crippen LogP contribution in [0.2, 0.25) is 0 Å². The van der Waals surface area contributed by atoms with E-state index in [1.807, 2.05) is 0 Å². The number of piperidine rings is 1. The average molecular weight is 335 g/mol. The summed E-state index contributed by atoms with van der Waals surface area (Å²) in [7, 11) is 0. The number of hydrogen-bond donors (Lipinski definition) is 2. The van der Waals surface area contributed by atoms with Gasteiger partial charge in [0, 0.05) is 30.6 Å². The molecule has 0 bridgehead atoms. The summed E-state index contributed by atoms with van der Waals surface area (Å²) in [6.45, 7) is 8.10. The first kappa shape index (κ1) is 16.8. The summed E-state index contributed by atoms with van der Waals surface area (Å²) in [5.41, 5.74) is 0.493. The van der Waals surface area contributed by atoms with Gasteiger partial charge >= 0.3 is 0 Å². The number of hydrogen-bond acceptors (Lipinski definition) is 4. The molecule has 0 aromatic heterocycles. The van der Waals surface area contributed by atoms with Gasteiger partial charge in [-0.1, -0.05) is 12.8 Å². The molecule has 2 N–H and O–H groups in total. The number of ether oxygens (including phenoxy) is 1. The summed E-state index contributed by atoms with van der Waals surface area (Å²) in [5.74, 6) is 0.592. The third-order valence-electron chi connectivity index (χ3n) is 7.38. The van der Waals surface area contributed by atoms with E-state index in [0.29, 0.717) is 11.3 Å². The predicted molar refractivity (Wildman–Crippen MR) is 93.8 cm³/mol. The third kappa shape index (κ3) is 2.89. The van der Waals surface area contributed by atoms with Gasteiger partial charge in [-0.3, -0.25) is 9.69 Å². The fraction of sp³-hybridized carbons (Fsp3) is 0.947. The Labute approximate surface area is 145 Å². The number of amides is 1. The van der Waals surface area contributed by atoms with Gasteiger partial charge in [0.15, 0.2) is 0 Å². The van der Waals surface area contributed by atoms with Crippen LogP contribution in [0.4, 0.5) is 0 Å². The van der Waals surface area contributed by atoms with E-state index in [1.54, 1.807) is 0 Å². The zero-order valence-electron chi connectivity index (χ0n) is 15.1. The summed E-state index contributed by atoms with van der Waals surface area (Å²) < 4.78 is 5.55. The second kappa shape index (κ2) is 6.58. The maximum absolute atomic E-state index is 12.9. The Morgan fingerprint density at radius 2 is 1.83 bits per heavy atom. The molecule has 4 fully saturated rings. The smallest absolute Gasteiger partial charge is 0.223 e. The first-order valence-electron chi connectivity index (χ1n) is 10.0. The minimum absolute atomic E-state index is 0.162. The molecule has 0 aromatic rings. The molecule has 4 rings (SSSR count). The molecule has 2 heterocycles. The Balaban J connectivity index is 1.40. The molecule has 4 aliphatic rings. The van der Waals surface area contributed by atoms with Gasteiger partial charge in [0.05, 0.1) is 13.2 Å². The van der Waals surface area contributed by atoms with Crippen molar-refractivity contribution in [3.8, 4) is 0 Å². The van der Waals surface area contributed by atoms with E-state index in [0.717, 1.165) is 45.8 Å². The second-order valence-electron chi connectivity index (χ2n) is 8.51. The number of rotatable bonds is 4. The van der Waals surface area contributed by atoms with Gasteiger partial charge in [0.1, 0.15) is 0 Å². The Morgan fingerprint density at radius 1 is 1.17 bits per heavy atom. The van der Waals surface area contributed by atoms with Crippen molar-refractivity contribution in [2.24, 2.45) is 11.3 Å². The van der Waals surface area contributed by atoms with E-state index in [9.17, 15) is 4.79 Å². The minimum Gasteiger partial charge on any atom is -0.379 e. The van der Waals surface area contributed by atoms with Crippen LogP contribution < -0.4 is 10.6 Å². The number of carbonyl (C=O) groups is 1. The molecule has 2 unspecified atom stereocenters. The van der Waals surface area contributed by atoms with E-state index < -0.39 is 0 Å². The van der Waals surface area contributed by atoms with E-state index in [2.05, 4.69) is 22.5 Å². The molecule has 0 aromatic carbocycles. The van der Waals surface area contributed by atoms with Crippen molar-refractivity contribution in [2.45, 2.75) is 63.5 Å². The molecule has 1 spiro atoms. The highest BCUT2D eigenvalue weighted by molar-refractivity contribution is 5.83. The van der Waals surface area contributed by atoms with Crippen LogP contribution >= 0.6 is 0 Å². The quantitative estimate of drug-likeness (QED) is 0.818. The Kier molecular flexibility index (Phi) is 4.61. The minimum atomic E-state index is 0.162. The number of carbonyl (C=O) groups excluding carboxylic acids is 1. The van der Waals surface area contributed by atoms with E-state index in [-0.39, 0.29) is 17.5 Å². The maximum atomic E-state index is 12.9. The fourth-order valence-corrected chi connectivity index (χ4v) is 5.66. The van der Waals surface area contributed by atoms with Crippen LogP contribution in [0.5, 0.6) is 0 Å². The molecule has 0 radical (unpaired) electrons. The maximum Gasteiger partial charge on any atom is 0.223 e. The van der Waals surface area contributed by atoms with Crippen molar-refractivity contribution in [1.82, 2.24) is 15.5 Å². The Hall–Kier alpha value is -0.650. The number of nitrogens with zero attached hydrogens (tertiary/aromatic N) is 1. The lowest BCUT2D eigenvalue weighted by atomic mass is 9.86. The van der Waals surface area contributed by atoms with Gasteiger partial charge in [-0.15, -0.1) is 0 Å². The molecule has 136 valence electrons.